The molecule has 0 bridgehead atoms. The molecule has 2 rings (SSSR count). The van der Waals surface area contributed by atoms with Crippen LogP contribution in [0, 0.1) is 25.2 Å². The number of rotatable bonds is 4. The number of nitriles is 1. The molecule has 0 amide bonds. The quantitative estimate of drug-likeness (QED) is 0.909. The zero-order chi connectivity index (χ0) is 13.0. The Morgan fingerprint density at radius 3 is 2.72 bits per heavy atom. The first-order chi connectivity index (χ1) is 8.69. The maximum absolute atomic E-state index is 8.60. The van der Waals surface area contributed by atoms with E-state index in [9.17, 15) is 0 Å². The first-order valence-corrected chi connectivity index (χ1v) is 6.39. The number of nitrogens with zero attached hydrogens (tertiary/aromatic N) is 4. The Balaban J connectivity index is 1.86. The van der Waals surface area contributed by atoms with E-state index < -0.39 is 0 Å². The van der Waals surface area contributed by atoms with Crippen LogP contribution in [0.5, 0.6) is 0 Å². The van der Waals surface area contributed by atoms with Crippen molar-refractivity contribution in [1.29, 1.82) is 5.26 Å². The minimum atomic E-state index is 0.326. The van der Waals surface area contributed by atoms with Gasteiger partial charge in [-0.15, -0.1) is 11.3 Å². The zero-order valence-electron chi connectivity index (χ0n) is 10.3. The first-order valence-electron chi connectivity index (χ1n) is 5.58. The summed E-state index contributed by atoms with van der Waals surface area (Å²) >= 11 is 1.73. The fourth-order valence-corrected chi connectivity index (χ4v) is 2.35. The van der Waals surface area contributed by atoms with Crippen molar-refractivity contribution in [3.8, 4) is 6.07 Å². The molecule has 5 nitrogen and oxygen atoms in total. The van der Waals surface area contributed by atoms with E-state index in [2.05, 4.69) is 27.2 Å². The molecule has 0 fully saturated rings. The fourth-order valence-electron chi connectivity index (χ4n) is 1.42. The van der Waals surface area contributed by atoms with E-state index in [1.54, 1.807) is 17.5 Å². The van der Waals surface area contributed by atoms with Crippen molar-refractivity contribution in [3.63, 3.8) is 0 Å². The maximum Gasteiger partial charge on any atom is 0.158 e. The molecule has 0 aliphatic heterocycles. The molecule has 18 heavy (non-hydrogen) atoms. The molecule has 0 spiro atoms. The fraction of sp³-hybridized carbons (Fsp3) is 0.333. The third kappa shape index (κ3) is 3.02. The Morgan fingerprint density at radius 1 is 1.33 bits per heavy atom. The topological polar surface area (TPSA) is 74.5 Å². The van der Waals surface area contributed by atoms with E-state index in [1.807, 2.05) is 13.0 Å². The largest absolute Gasteiger partial charge is 0.368 e. The predicted octanol–water partition coefficient (Wildman–Crippen LogP) is 2.08. The molecule has 0 unspecified atom stereocenters. The molecule has 2 aromatic rings. The van der Waals surface area contributed by atoms with Crippen LogP contribution >= 0.6 is 11.3 Å². The molecular formula is C12H13N5S. The van der Waals surface area contributed by atoms with Gasteiger partial charge in [0.15, 0.2) is 5.69 Å². The molecular weight excluding hydrogens is 246 g/mol. The summed E-state index contributed by atoms with van der Waals surface area (Å²) in [5.74, 6) is 0.680. The molecule has 1 N–H and O–H groups in total. The van der Waals surface area contributed by atoms with Gasteiger partial charge in [-0.25, -0.2) is 15.0 Å². The lowest BCUT2D eigenvalue weighted by Gasteiger charge is -2.02. The van der Waals surface area contributed by atoms with Crippen molar-refractivity contribution in [3.05, 3.63) is 33.7 Å². The van der Waals surface area contributed by atoms with Gasteiger partial charge in [0.2, 0.25) is 0 Å². The van der Waals surface area contributed by atoms with Gasteiger partial charge in [0, 0.05) is 17.8 Å². The van der Waals surface area contributed by atoms with E-state index >= 15 is 0 Å². The van der Waals surface area contributed by atoms with Gasteiger partial charge in [-0.05, 0) is 13.8 Å². The van der Waals surface area contributed by atoms with Gasteiger partial charge < -0.3 is 5.32 Å². The molecule has 0 aromatic carbocycles. The molecule has 0 atom stereocenters. The number of nitrogens with one attached hydrogen (secondary N) is 1. The van der Waals surface area contributed by atoms with Crippen molar-refractivity contribution >= 4 is 17.2 Å². The third-order valence-corrected chi connectivity index (χ3v) is 3.62. The van der Waals surface area contributed by atoms with E-state index in [0.717, 1.165) is 23.7 Å². The summed E-state index contributed by atoms with van der Waals surface area (Å²) in [5.41, 5.74) is 1.43. The summed E-state index contributed by atoms with van der Waals surface area (Å²) in [5, 5.41) is 12.9. The average molecular weight is 259 g/mol. The molecule has 92 valence electrons. The minimum Gasteiger partial charge on any atom is -0.368 e. The Bertz CT molecular complexity index is 548. The molecule has 2 aromatic heterocycles. The SMILES string of the molecule is Cc1nc(CCNc2cnc(C#N)cn2)sc1C. The van der Waals surface area contributed by atoms with Gasteiger partial charge in [0.25, 0.3) is 0 Å². The molecule has 0 radical (unpaired) electrons. The summed E-state index contributed by atoms with van der Waals surface area (Å²) < 4.78 is 0. The molecule has 0 saturated carbocycles. The van der Waals surface area contributed by atoms with Crippen LogP contribution in [0.2, 0.25) is 0 Å². The number of thiazole rings is 1. The van der Waals surface area contributed by atoms with E-state index in [4.69, 9.17) is 5.26 Å². The van der Waals surface area contributed by atoms with Gasteiger partial charge in [0.1, 0.15) is 11.9 Å². The van der Waals surface area contributed by atoms with Crippen molar-refractivity contribution < 1.29 is 0 Å². The summed E-state index contributed by atoms with van der Waals surface area (Å²) in [6, 6.07) is 1.94. The summed E-state index contributed by atoms with van der Waals surface area (Å²) in [4.78, 5) is 13.8. The predicted molar refractivity (Wildman–Crippen MR) is 70.5 cm³/mol. The van der Waals surface area contributed by atoms with Crippen LogP contribution in [0.15, 0.2) is 12.4 Å². The van der Waals surface area contributed by atoms with Gasteiger partial charge in [-0.3, -0.25) is 0 Å². The number of hydrogen-bond donors (Lipinski definition) is 1. The second kappa shape index (κ2) is 5.56. The van der Waals surface area contributed by atoms with E-state index in [-0.39, 0.29) is 0 Å². The number of hydrogen-bond acceptors (Lipinski definition) is 6. The van der Waals surface area contributed by atoms with Crippen LogP contribution in [-0.2, 0) is 6.42 Å². The first kappa shape index (κ1) is 12.5. The van der Waals surface area contributed by atoms with Gasteiger partial charge in [0.05, 0.1) is 23.1 Å². The van der Waals surface area contributed by atoms with Crippen LogP contribution in [0.3, 0.4) is 0 Å². The monoisotopic (exact) mass is 259 g/mol. The van der Waals surface area contributed by atoms with Crippen molar-refractivity contribution in [1.82, 2.24) is 15.0 Å². The molecule has 6 heteroatoms. The Morgan fingerprint density at radius 2 is 2.17 bits per heavy atom. The minimum absolute atomic E-state index is 0.326. The highest BCUT2D eigenvalue weighted by atomic mass is 32.1. The van der Waals surface area contributed by atoms with Crippen LogP contribution in [-0.4, -0.2) is 21.5 Å². The van der Waals surface area contributed by atoms with Crippen molar-refractivity contribution in [2.75, 3.05) is 11.9 Å². The van der Waals surface area contributed by atoms with Crippen LogP contribution in [0.4, 0.5) is 5.82 Å². The summed E-state index contributed by atoms with van der Waals surface area (Å²) in [6.07, 6.45) is 3.89. The number of anilines is 1. The molecule has 2 heterocycles. The van der Waals surface area contributed by atoms with Gasteiger partial charge in [-0.1, -0.05) is 0 Å². The average Bonchev–Trinajstić information content (AvgIpc) is 2.69. The highest BCUT2D eigenvalue weighted by Crippen LogP contribution is 2.16. The smallest absolute Gasteiger partial charge is 0.158 e. The number of aryl methyl sites for hydroxylation is 2. The molecule has 0 saturated heterocycles. The lowest BCUT2D eigenvalue weighted by atomic mass is 10.4. The van der Waals surface area contributed by atoms with Crippen molar-refractivity contribution in [2.45, 2.75) is 20.3 Å². The van der Waals surface area contributed by atoms with Crippen LogP contribution < -0.4 is 5.32 Å². The number of aromatic nitrogens is 3. The van der Waals surface area contributed by atoms with Crippen molar-refractivity contribution in [2.24, 2.45) is 0 Å². The zero-order valence-corrected chi connectivity index (χ0v) is 11.1. The van der Waals surface area contributed by atoms with Gasteiger partial charge >= 0.3 is 0 Å². The molecule has 0 aliphatic rings. The highest BCUT2D eigenvalue weighted by molar-refractivity contribution is 7.11. The second-order valence-electron chi connectivity index (χ2n) is 3.82. The van der Waals surface area contributed by atoms with E-state index in [1.165, 1.54) is 11.1 Å². The highest BCUT2D eigenvalue weighted by Gasteiger charge is 2.03. The Kier molecular flexibility index (Phi) is 3.85. The lowest BCUT2D eigenvalue weighted by molar-refractivity contribution is 0.971. The standard InChI is InChI=1S/C12H13N5S/c1-8-9(2)18-12(17-8)3-4-14-11-7-15-10(5-13)6-16-11/h6-7H,3-4H2,1-2H3,(H,14,16). The second-order valence-corrected chi connectivity index (χ2v) is 5.11. The lowest BCUT2D eigenvalue weighted by Crippen LogP contribution is -2.06. The van der Waals surface area contributed by atoms with Crippen LogP contribution in [0.25, 0.3) is 0 Å². The third-order valence-electron chi connectivity index (χ3n) is 2.48. The Hall–Kier alpha value is -2.00. The maximum atomic E-state index is 8.60. The van der Waals surface area contributed by atoms with Gasteiger partial charge in [-0.2, -0.15) is 5.26 Å². The van der Waals surface area contributed by atoms with E-state index in [0.29, 0.717) is 11.5 Å². The summed E-state index contributed by atoms with van der Waals surface area (Å²) in [6.45, 7) is 4.86. The normalized spacial score (nSPS) is 10.1. The molecule has 0 aliphatic carbocycles. The summed E-state index contributed by atoms with van der Waals surface area (Å²) in [7, 11) is 0. The van der Waals surface area contributed by atoms with Crippen LogP contribution in [0.1, 0.15) is 21.3 Å². The Labute approximate surface area is 110 Å².